The standard InChI is InChI=1S/C12H14N6O3/c1-20-6-3-4-8(21-2)7(5-6)17-18-9-10(13)15-12(14)16-11(9)19/h3-5H,1-2H3,(H5,13,14,15,16,19). The molecule has 0 atom stereocenters. The van der Waals surface area contributed by atoms with E-state index in [0.29, 0.717) is 17.2 Å². The number of methoxy groups -OCH3 is 2. The first kappa shape index (κ1) is 14.3. The highest BCUT2D eigenvalue weighted by Gasteiger charge is 2.08. The molecule has 9 nitrogen and oxygen atoms in total. The van der Waals surface area contributed by atoms with E-state index in [-0.39, 0.29) is 17.5 Å². The molecule has 0 aliphatic carbocycles. The maximum Gasteiger partial charge on any atom is 0.282 e. The van der Waals surface area contributed by atoms with Crippen LogP contribution in [0.1, 0.15) is 0 Å². The summed E-state index contributed by atoms with van der Waals surface area (Å²) in [5.41, 5.74) is 10.6. The van der Waals surface area contributed by atoms with Gasteiger partial charge in [0.2, 0.25) is 5.95 Å². The molecule has 1 heterocycles. The molecular weight excluding hydrogens is 276 g/mol. The van der Waals surface area contributed by atoms with E-state index in [9.17, 15) is 4.79 Å². The number of ether oxygens (including phenoxy) is 2. The monoisotopic (exact) mass is 290 g/mol. The number of azo groups is 1. The van der Waals surface area contributed by atoms with E-state index in [4.69, 9.17) is 20.9 Å². The van der Waals surface area contributed by atoms with Crippen molar-refractivity contribution in [1.82, 2.24) is 9.97 Å². The summed E-state index contributed by atoms with van der Waals surface area (Å²) in [6.07, 6.45) is 0. The fraction of sp³-hybridized carbons (Fsp3) is 0.167. The number of nitrogens with one attached hydrogen (secondary N) is 1. The molecule has 0 unspecified atom stereocenters. The first-order valence-electron chi connectivity index (χ1n) is 5.84. The van der Waals surface area contributed by atoms with Crippen LogP contribution in [0.15, 0.2) is 33.2 Å². The summed E-state index contributed by atoms with van der Waals surface area (Å²) in [7, 11) is 3.02. The van der Waals surface area contributed by atoms with Gasteiger partial charge in [0.05, 0.1) is 14.2 Å². The van der Waals surface area contributed by atoms with E-state index in [1.165, 1.54) is 14.2 Å². The largest absolute Gasteiger partial charge is 0.497 e. The summed E-state index contributed by atoms with van der Waals surface area (Å²) in [6, 6.07) is 4.99. The van der Waals surface area contributed by atoms with Crippen LogP contribution in [0.25, 0.3) is 0 Å². The maximum atomic E-state index is 11.7. The SMILES string of the molecule is COc1ccc(OC)c(N=Nc2c(N)nc(N)[nH]c2=O)c1. The van der Waals surface area contributed by atoms with Crippen molar-refractivity contribution in [3.8, 4) is 11.5 Å². The molecule has 5 N–H and O–H groups in total. The first-order chi connectivity index (χ1) is 10.0. The molecule has 0 radical (unpaired) electrons. The highest BCUT2D eigenvalue weighted by molar-refractivity contribution is 5.59. The highest BCUT2D eigenvalue weighted by Crippen LogP contribution is 2.32. The lowest BCUT2D eigenvalue weighted by Crippen LogP contribution is -2.12. The lowest BCUT2D eigenvalue weighted by molar-refractivity contribution is 0.404. The van der Waals surface area contributed by atoms with Crippen molar-refractivity contribution in [3.05, 3.63) is 28.6 Å². The molecule has 0 amide bonds. The number of hydrogen-bond acceptors (Lipinski definition) is 8. The molecule has 21 heavy (non-hydrogen) atoms. The van der Waals surface area contributed by atoms with Gasteiger partial charge in [-0.1, -0.05) is 0 Å². The van der Waals surface area contributed by atoms with Gasteiger partial charge in [0.25, 0.3) is 5.56 Å². The summed E-state index contributed by atoms with van der Waals surface area (Å²) in [4.78, 5) is 17.7. The van der Waals surface area contributed by atoms with Crippen LogP contribution in [-0.4, -0.2) is 24.2 Å². The predicted molar refractivity (Wildman–Crippen MR) is 77.4 cm³/mol. The Kier molecular flexibility index (Phi) is 4.02. The van der Waals surface area contributed by atoms with Gasteiger partial charge < -0.3 is 20.9 Å². The molecule has 0 aliphatic heterocycles. The molecule has 0 saturated carbocycles. The second-order valence-electron chi connectivity index (χ2n) is 3.92. The Hall–Kier alpha value is -3.10. The van der Waals surface area contributed by atoms with Crippen LogP contribution in [0.2, 0.25) is 0 Å². The first-order valence-corrected chi connectivity index (χ1v) is 5.84. The molecular formula is C12H14N6O3. The topological polar surface area (TPSA) is 141 Å². The number of anilines is 2. The van der Waals surface area contributed by atoms with Gasteiger partial charge in [0, 0.05) is 6.07 Å². The molecule has 110 valence electrons. The van der Waals surface area contributed by atoms with Crippen LogP contribution >= 0.6 is 0 Å². The van der Waals surface area contributed by atoms with E-state index in [2.05, 4.69) is 20.2 Å². The third-order valence-corrected chi connectivity index (χ3v) is 2.58. The number of aromatic amines is 1. The Labute approximate surface area is 119 Å². The van der Waals surface area contributed by atoms with Crippen molar-refractivity contribution >= 4 is 23.1 Å². The van der Waals surface area contributed by atoms with Crippen molar-refractivity contribution in [2.45, 2.75) is 0 Å². The van der Waals surface area contributed by atoms with Crippen molar-refractivity contribution in [1.29, 1.82) is 0 Å². The van der Waals surface area contributed by atoms with Crippen LogP contribution in [0.4, 0.5) is 23.1 Å². The molecule has 2 rings (SSSR count). The Morgan fingerprint density at radius 3 is 2.57 bits per heavy atom. The molecule has 0 spiro atoms. The molecule has 9 heteroatoms. The summed E-state index contributed by atoms with van der Waals surface area (Å²) in [5.74, 6) is 0.845. The predicted octanol–water partition coefficient (Wildman–Crippen LogP) is 1.37. The number of hydrogen-bond donors (Lipinski definition) is 3. The van der Waals surface area contributed by atoms with Gasteiger partial charge in [-0.3, -0.25) is 9.78 Å². The van der Waals surface area contributed by atoms with E-state index < -0.39 is 5.56 Å². The van der Waals surface area contributed by atoms with E-state index in [1.807, 2.05) is 0 Å². The summed E-state index contributed by atoms with van der Waals surface area (Å²) < 4.78 is 10.2. The maximum absolute atomic E-state index is 11.7. The average molecular weight is 290 g/mol. The van der Waals surface area contributed by atoms with Gasteiger partial charge in [-0.15, -0.1) is 10.2 Å². The summed E-state index contributed by atoms with van der Waals surface area (Å²) >= 11 is 0. The van der Waals surface area contributed by atoms with Crippen LogP contribution in [-0.2, 0) is 0 Å². The Morgan fingerprint density at radius 2 is 1.95 bits per heavy atom. The van der Waals surface area contributed by atoms with Crippen molar-refractivity contribution in [2.75, 3.05) is 25.7 Å². The van der Waals surface area contributed by atoms with Gasteiger partial charge in [0.1, 0.15) is 17.2 Å². The van der Waals surface area contributed by atoms with Gasteiger partial charge in [-0.05, 0) is 12.1 Å². The number of nitrogen functional groups attached to an aromatic ring is 2. The van der Waals surface area contributed by atoms with E-state index >= 15 is 0 Å². The quantitative estimate of drug-likeness (QED) is 0.726. The number of nitrogens with two attached hydrogens (primary N) is 2. The van der Waals surface area contributed by atoms with Crippen LogP contribution < -0.4 is 26.5 Å². The molecule has 1 aromatic carbocycles. The third-order valence-electron chi connectivity index (χ3n) is 2.58. The van der Waals surface area contributed by atoms with Crippen molar-refractivity contribution in [2.24, 2.45) is 10.2 Å². The van der Waals surface area contributed by atoms with Crippen LogP contribution in [0.3, 0.4) is 0 Å². The molecule has 0 saturated heterocycles. The normalized spacial score (nSPS) is 10.8. The number of H-pyrrole nitrogens is 1. The highest BCUT2D eigenvalue weighted by atomic mass is 16.5. The van der Waals surface area contributed by atoms with Gasteiger partial charge in [-0.2, -0.15) is 4.98 Å². The van der Waals surface area contributed by atoms with Gasteiger partial charge in [-0.25, -0.2) is 0 Å². The Morgan fingerprint density at radius 1 is 1.19 bits per heavy atom. The zero-order valence-electron chi connectivity index (χ0n) is 11.5. The molecule has 2 aromatic rings. The smallest absolute Gasteiger partial charge is 0.282 e. The van der Waals surface area contributed by atoms with E-state index in [1.54, 1.807) is 18.2 Å². The summed E-state index contributed by atoms with van der Waals surface area (Å²) in [5, 5.41) is 7.75. The number of rotatable bonds is 4. The fourth-order valence-corrected chi connectivity index (χ4v) is 1.58. The summed E-state index contributed by atoms with van der Waals surface area (Å²) in [6.45, 7) is 0. The minimum absolute atomic E-state index is 0.0876. The zero-order chi connectivity index (χ0) is 15.4. The van der Waals surface area contributed by atoms with Gasteiger partial charge >= 0.3 is 0 Å². The lowest BCUT2D eigenvalue weighted by Gasteiger charge is -2.05. The van der Waals surface area contributed by atoms with Crippen molar-refractivity contribution in [3.63, 3.8) is 0 Å². The van der Waals surface area contributed by atoms with Crippen LogP contribution in [0.5, 0.6) is 11.5 Å². The lowest BCUT2D eigenvalue weighted by atomic mass is 10.3. The second-order valence-corrected chi connectivity index (χ2v) is 3.92. The second kappa shape index (κ2) is 5.90. The minimum atomic E-state index is -0.578. The number of benzene rings is 1. The molecule has 0 aliphatic rings. The zero-order valence-corrected chi connectivity index (χ0v) is 11.5. The van der Waals surface area contributed by atoms with Crippen LogP contribution in [0, 0.1) is 0 Å². The Balaban J connectivity index is 2.44. The molecule has 1 aromatic heterocycles. The number of aromatic nitrogens is 2. The average Bonchev–Trinajstić information content (AvgIpc) is 2.45. The minimum Gasteiger partial charge on any atom is -0.497 e. The van der Waals surface area contributed by atoms with Crippen molar-refractivity contribution < 1.29 is 9.47 Å². The molecule has 0 bridgehead atoms. The fourth-order valence-electron chi connectivity index (χ4n) is 1.58. The molecule has 0 fully saturated rings. The third kappa shape index (κ3) is 3.08. The number of nitrogens with zero attached hydrogens (tertiary/aromatic N) is 3. The Bertz CT molecular complexity index is 740. The van der Waals surface area contributed by atoms with Gasteiger partial charge in [0.15, 0.2) is 11.5 Å². The van der Waals surface area contributed by atoms with E-state index in [0.717, 1.165) is 0 Å².